The van der Waals surface area contributed by atoms with Gasteiger partial charge in [0.25, 0.3) is 0 Å². The van der Waals surface area contributed by atoms with E-state index in [-0.39, 0.29) is 18.4 Å². The molecule has 1 atom stereocenters. The van der Waals surface area contributed by atoms with Gasteiger partial charge in [0.15, 0.2) is 0 Å². The molecule has 1 unspecified atom stereocenters. The number of piperidine rings is 1. The highest BCUT2D eigenvalue weighted by Crippen LogP contribution is 2.25. The smallest absolute Gasteiger partial charge is 0.243 e. The van der Waals surface area contributed by atoms with Gasteiger partial charge in [-0.15, -0.1) is 12.4 Å². The summed E-state index contributed by atoms with van der Waals surface area (Å²) in [6.45, 7) is 3.74. The molecule has 1 saturated heterocycles. The van der Waals surface area contributed by atoms with Crippen LogP contribution in [0.2, 0.25) is 0 Å². The number of nitrogens with zero attached hydrogens (tertiary/aromatic N) is 1. The zero-order chi connectivity index (χ0) is 16.2. The van der Waals surface area contributed by atoms with E-state index in [1.54, 1.807) is 23.5 Å². The van der Waals surface area contributed by atoms with Gasteiger partial charge in [0.2, 0.25) is 10.0 Å². The lowest BCUT2D eigenvalue weighted by atomic mass is 9.92. The Hall–Kier alpha value is -0.660. The van der Waals surface area contributed by atoms with E-state index in [0.717, 1.165) is 24.8 Å². The van der Waals surface area contributed by atoms with Crippen LogP contribution in [0.1, 0.15) is 25.3 Å². The fourth-order valence-corrected chi connectivity index (χ4v) is 4.31. The molecule has 1 fully saturated rings. The Kier molecular flexibility index (Phi) is 7.97. The minimum absolute atomic E-state index is 0. The van der Waals surface area contributed by atoms with Crippen molar-refractivity contribution in [2.75, 3.05) is 26.8 Å². The number of hydrogen-bond acceptors (Lipinski definition) is 4. The minimum atomic E-state index is -3.39. The highest BCUT2D eigenvalue weighted by Gasteiger charge is 2.30. The van der Waals surface area contributed by atoms with Crippen molar-refractivity contribution in [1.82, 2.24) is 4.31 Å². The van der Waals surface area contributed by atoms with E-state index >= 15 is 0 Å². The fraction of sp³-hybridized carbons (Fsp3) is 0.625. The van der Waals surface area contributed by atoms with Crippen molar-refractivity contribution in [3.63, 3.8) is 0 Å². The van der Waals surface area contributed by atoms with Crippen molar-refractivity contribution < 1.29 is 13.2 Å². The van der Waals surface area contributed by atoms with E-state index in [2.05, 4.69) is 0 Å². The molecule has 0 radical (unpaired) electrons. The van der Waals surface area contributed by atoms with E-state index in [4.69, 9.17) is 10.5 Å². The summed E-state index contributed by atoms with van der Waals surface area (Å²) in [5, 5.41) is 0. The molecular formula is C16H27ClN2O3S. The predicted molar refractivity (Wildman–Crippen MR) is 94.4 cm³/mol. The summed E-state index contributed by atoms with van der Waals surface area (Å²) < 4.78 is 31.9. The van der Waals surface area contributed by atoms with Crippen molar-refractivity contribution in [3.8, 4) is 0 Å². The Morgan fingerprint density at radius 1 is 1.26 bits per heavy atom. The lowest BCUT2D eigenvalue weighted by Crippen LogP contribution is -2.42. The van der Waals surface area contributed by atoms with E-state index < -0.39 is 10.0 Å². The van der Waals surface area contributed by atoms with Crippen LogP contribution in [0.25, 0.3) is 0 Å². The van der Waals surface area contributed by atoms with Crippen LogP contribution in [0.15, 0.2) is 29.2 Å². The molecular weight excluding hydrogens is 336 g/mol. The highest BCUT2D eigenvalue weighted by atomic mass is 35.5. The Labute approximate surface area is 145 Å². The molecule has 23 heavy (non-hydrogen) atoms. The summed E-state index contributed by atoms with van der Waals surface area (Å²) in [7, 11) is -1.73. The third kappa shape index (κ3) is 5.16. The first-order valence-corrected chi connectivity index (χ1v) is 9.22. The van der Waals surface area contributed by atoms with Crippen molar-refractivity contribution >= 4 is 22.4 Å². The van der Waals surface area contributed by atoms with Crippen LogP contribution in [-0.4, -0.2) is 45.6 Å². The first-order chi connectivity index (χ1) is 10.4. The molecule has 1 heterocycles. The Morgan fingerprint density at radius 3 is 2.30 bits per heavy atom. The lowest BCUT2D eigenvalue weighted by Gasteiger charge is -2.32. The molecule has 1 aromatic rings. The number of ether oxygens (including phenoxy) is 1. The molecule has 0 amide bonds. The minimum Gasteiger partial charge on any atom is -0.384 e. The third-order valence-corrected chi connectivity index (χ3v) is 6.31. The van der Waals surface area contributed by atoms with Crippen LogP contribution >= 0.6 is 12.4 Å². The highest BCUT2D eigenvalue weighted by molar-refractivity contribution is 7.89. The van der Waals surface area contributed by atoms with Crippen LogP contribution in [0.4, 0.5) is 0 Å². The van der Waals surface area contributed by atoms with Gasteiger partial charge in [0.1, 0.15) is 0 Å². The zero-order valence-corrected chi connectivity index (χ0v) is 15.4. The second kappa shape index (κ2) is 8.99. The summed E-state index contributed by atoms with van der Waals surface area (Å²) in [4.78, 5) is 0.368. The Balaban J connectivity index is 0.00000264. The molecule has 0 spiro atoms. The van der Waals surface area contributed by atoms with Crippen molar-refractivity contribution in [2.45, 2.75) is 37.1 Å². The first kappa shape index (κ1) is 20.4. The first-order valence-electron chi connectivity index (χ1n) is 7.78. The zero-order valence-electron chi connectivity index (χ0n) is 13.8. The second-order valence-electron chi connectivity index (χ2n) is 5.99. The van der Waals surface area contributed by atoms with E-state index in [9.17, 15) is 8.42 Å². The predicted octanol–water partition coefficient (Wildman–Crippen LogP) is 2.05. The quantitative estimate of drug-likeness (QED) is 0.840. The maximum atomic E-state index is 12.7. The number of methoxy groups -OCH3 is 1. The molecule has 0 bridgehead atoms. The fourth-order valence-electron chi connectivity index (χ4n) is 2.84. The second-order valence-corrected chi connectivity index (χ2v) is 7.93. The number of rotatable bonds is 6. The standard InChI is InChI=1S/C16H26N2O3S.ClH/c1-13(17)15-7-10-18(11-8-15)22(19,20)16-5-3-14(4-6-16)9-12-21-2;/h3-6,13,15H,7-12,17H2,1-2H3;1H. The monoisotopic (exact) mass is 362 g/mol. The SMILES string of the molecule is COCCc1ccc(S(=O)(=O)N2CCC(C(C)N)CC2)cc1.Cl. The molecule has 5 nitrogen and oxygen atoms in total. The molecule has 0 saturated carbocycles. The summed E-state index contributed by atoms with van der Waals surface area (Å²) in [6, 6.07) is 7.24. The average Bonchev–Trinajstić information content (AvgIpc) is 2.53. The van der Waals surface area contributed by atoms with E-state index in [1.807, 2.05) is 19.1 Å². The molecule has 2 N–H and O–H groups in total. The van der Waals surface area contributed by atoms with Crippen LogP contribution < -0.4 is 5.73 Å². The molecule has 1 aliphatic rings. The van der Waals surface area contributed by atoms with Crippen molar-refractivity contribution in [3.05, 3.63) is 29.8 Å². The maximum absolute atomic E-state index is 12.7. The van der Waals surface area contributed by atoms with Gasteiger partial charge in [-0.3, -0.25) is 0 Å². The number of benzene rings is 1. The topological polar surface area (TPSA) is 72.6 Å². The average molecular weight is 363 g/mol. The van der Waals surface area contributed by atoms with Gasteiger partial charge in [-0.25, -0.2) is 8.42 Å². The summed E-state index contributed by atoms with van der Waals surface area (Å²) in [5.74, 6) is 0.419. The molecule has 0 aliphatic carbocycles. The number of sulfonamides is 1. The lowest BCUT2D eigenvalue weighted by molar-refractivity contribution is 0.202. The maximum Gasteiger partial charge on any atom is 0.243 e. The van der Waals surface area contributed by atoms with Gasteiger partial charge in [0.05, 0.1) is 11.5 Å². The van der Waals surface area contributed by atoms with Gasteiger partial charge in [-0.1, -0.05) is 12.1 Å². The molecule has 0 aromatic heterocycles. The third-order valence-electron chi connectivity index (χ3n) is 4.40. The molecule has 1 aliphatic heterocycles. The van der Waals surface area contributed by atoms with Gasteiger partial charge in [-0.05, 0) is 49.8 Å². The molecule has 1 aromatic carbocycles. The van der Waals surface area contributed by atoms with Crippen LogP contribution in [0, 0.1) is 5.92 Å². The van der Waals surface area contributed by atoms with Crippen molar-refractivity contribution in [2.24, 2.45) is 11.7 Å². The van der Waals surface area contributed by atoms with Crippen molar-refractivity contribution in [1.29, 1.82) is 0 Å². The van der Waals surface area contributed by atoms with Gasteiger partial charge in [0, 0.05) is 26.2 Å². The number of nitrogens with two attached hydrogens (primary N) is 1. The largest absolute Gasteiger partial charge is 0.384 e. The van der Waals surface area contributed by atoms with Crippen LogP contribution in [0.5, 0.6) is 0 Å². The van der Waals surface area contributed by atoms with Crippen LogP contribution in [0.3, 0.4) is 0 Å². The van der Waals surface area contributed by atoms with Gasteiger partial charge < -0.3 is 10.5 Å². The number of hydrogen-bond donors (Lipinski definition) is 1. The summed E-state index contributed by atoms with van der Waals surface area (Å²) >= 11 is 0. The molecule has 7 heteroatoms. The number of halogens is 1. The normalized spacial score (nSPS) is 18.4. The van der Waals surface area contributed by atoms with Gasteiger partial charge in [-0.2, -0.15) is 4.31 Å². The van der Waals surface area contributed by atoms with E-state index in [1.165, 1.54) is 0 Å². The van der Waals surface area contributed by atoms with E-state index in [0.29, 0.717) is 30.5 Å². The molecule has 2 rings (SSSR count). The van der Waals surface area contributed by atoms with Gasteiger partial charge >= 0.3 is 0 Å². The Bertz CT molecular complexity index is 567. The Morgan fingerprint density at radius 2 is 1.83 bits per heavy atom. The molecule has 132 valence electrons. The van der Waals surface area contributed by atoms with Crippen LogP contribution in [-0.2, 0) is 21.2 Å². The summed E-state index contributed by atoms with van der Waals surface area (Å²) in [6.07, 6.45) is 2.46. The summed E-state index contributed by atoms with van der Waals surface area (Å²) in [5.41, 5.74) is 6.99.